The molecule has 3 rings (SSSR count). The Balaban J connectivity index is 1.80. The number of carbonyl (C=O) groups is 2. The van der Waals surface area contributed by atoms with E-state index in [9.17, 15) is 19.2 Å². The molecule has 0 spiro atoms. The highest BCUT2D eigenvalue weighted by atomic mass is 32.2. The SMILES string of the molecule is CCOC(=O)c1ccccc1NC(=O)CSc1nc2c(=O)n(C)c(=O)n(C)c2n1C. The van der Waals surface area contributed by atoms with Gasteiger partial charge < -0.3 is 14.6 Å². The zero-order chi connectivity index (χ0) is 22.0. The van der Waals surface area contributed by atoms with E-state index in [1.165, 1.54) is 11.6 Å². The number of hydrogen-bond acceptors (Lipinski definition) is 7. The van der Waals surface area contributed by atoms with E-state index in [1.54, 1.807) is 49.9 Å². The van der Waals surface area contributed by atoms with Gasteiger partial charge in [-0.05, 0) is 19.1 Å². The van der Waals surface area contributed by atoms with Crippen LogP contribution in [0.2, 0.25) is 0 Å². The van der Waals surface area contributed by atoms with Crippen LogP contribution in [0.3, 0.4) is 0 Å². The molecule has 30 heavy (non-hydrogen) atoms. The van der Waals surface area contributed by atoms with E-state index >= 15 is 0 Å². The number of hydrogen-bond donors (Lipinski definition) is 1. The topological polar surface area (TPSA) is 117 Å². The molecular formula is C19H21N5O5S. The Hall–Kier alpha value is -3.34. The third kappa shape index (κ3) is 3.88. The van der Waals surface area contributed by atoms with Crippen LogP contribution in [0.15, 0.2) is 39.0 Å². The molecular weight excluding hydrogens is 410 g/mol. The summed E-state index contributed by atoms with van der Waals surface area (Å²) in [5, 5.41) is 3.11. The molecule has 10 nitrogen and oxygen atoms in total. The van der Waals surface area contributed by atoms with Crippen molar-refractivity contribution in [1.29, 1.82) is 0 Å². The van der Waals surface area contributed by atoms with Gasteiger partial charge in [0.25, 0.3) is 5.56 Å². The number of fused-ring (bicyclic) bond motifs is 1. The quantitative estimate of drug-likeness (QED) is 0.455. The molecule has 1 aromatic carbocycles. The third-order valence-corrected chi connectivity index (χ3v) is 5.48. The fourth-order valence-electron chi connectivity index (χ4n) is 2.98. The van der Waals surface area contributed by atoms with Crippen molar-refractivity contribution < 1.29 is 14.3 Å². The normalized spacial score (nSPS) is 10.9. The highest BCUT2D eigenvalue weighted by Gasteiger charge is 2.19. The number of aromatic nitrogens is 4. The van der Waals surface area contributed by atoms with Gasteiger partial charge in [0.2, 0.25) is 5.91 Å². The van der Waals surface area contributed by atoms with Crippen LogP contribution in [0.25, 0.3) is 11.2 Å². The van der Waals surface area contributed by atoms with Gasteiger partial charge in [0, 0.05) is 21.1 Å². The van der Waals surface area contributed by atoms with Crippen molar-refractivity contribution in [2.75, 3.05) is 17.7 Å². The van der Waals surface area contributed by atoms with Gasteiger partial charge in [-0.15, -0.1) is 0 Å². The minimum atomic E-state index is -0.520. The molecule has 0 saturated carbocycles. The molecule has 0 atom stereocenters. The van der Waals surface area contributed by atoms with E-state index in [0.29, 0.717) is 16.5 Å². The van der Waals surface area contributed by atoms with Crippen LogP contribution in [-0.4, -0.2) is 42.9 Å². The van der Waals surface area contributed by atoms with Crippen molar-refractivity contribution in [2.24, 2.45) is 21.1 Å². The summed E-state index contributed by atoms with van der Waals surface area (Å²) < 4.78 is 8.93. The number of imidazole rings is 1. The molecule has 158 valence electrons. The summed E-state index contributed by atoms with van der Waals surface area (Å²) in [6.07, 6.45) is 0. The molecule has 0 aliphatic carbocycles. The van der Waals surface area contributed by atoms with Gasteiger partial charge in [0.05, 0.1) is 23.6 Å². The first-order valence-electron chi connectivity index (χ1n) is 9.07. The monoisotopic (exact) mass is 431 g/mol. The van der Waals surface area contributed by atoms with Crippen LogP contribution in [0.5, 0.6) is 0 Å². The predicted octanol–water partition coefficient (Wildman–Crippen LogP) is 0.878. The number of anilines is 1. The van der Waals surface area contributed by atoms with Gasteiger partial charge >= 0.3 is 11.7 Å². The molecule has 0 saturated heterocycles. The van der Waals surface area contributed by atoms with Gasteiger partial charge in [-0.3, -0.25) is 18.7 Å². The fourth-order valence-corrected chi connectivity index (χ4v) is 3.75. The minimum Gasteiger partial charge on any atom is -0.462 e. The van der Waals surface area contributed by atoms with Crippen LogP contribution in [0, 0.1) is 0 Å². The number of amides is 1. The smallest absolute Gasteiger partial charge is 0.340 e. The van der Waals surface area contributed by atoms with Crippen LogP contribution < -0.4 is 16.6 Å². The van der Waals surface area contributed by atoms with Crippen molar-refractivity contribution in [3.63, 3.8) is 0 Å². The summed E-state index contributed by atoms with van der Waals surface area (Å²) in [6.45, 7) is 1.93. The van der Waals surface area contributed by atoms with Crippen LogP contribution in [0.1, 0.15) is 17.3 Å². The van der Waals surface area contributed by atoms with Crippen molar-refractivity contribution in [3.8, 4) is 0 Å². The molecule has 1 amide bonds. The summed E-state index contributed by atoms with van der Waals surface area (Å²) in [7, 11) is 4.61. The summed E-state index contributed by atoms with van der Waals surface area (Å²) >= 11 is 1.11. The molecule has 11 heteroatoms. The lowest BCUT2D eigenvalue weighted by Crippen LogP contribution is -2.37. The number of esters is 1. The number of carbonyl (C=O) groups excluding carboxylic acids is 2. The number of ether oxygens (including phenoxy) is 1. The van der Waals surface area contributed by atoms with E-state index in [1.807, 2.05) is 0 Å². The fraction of sp³-hybridized carbons (Fsp3) is 0.316. The Morgan fingerprint density at radius 2 is 1.80 bits per heavy atom. The Morgan fingerprint density at radius 1 is 1.10 bits per heavy atom. The maximum Gasteiger partial charge on any atom is 0.340 e. The van der Waals surface area contributed by atoms with Gasteiger partial charge in [-0.2, -0.15) is 0 Å². The van der Waals surface area contributed by atoms with Crippen molar-refractivity contribution in [3.05, 3.63) is 50.7 Å². The molecule has 3 aromatic rings. The summed E-state index contributed by atoms with van der Waals surface area (Å²) in [5.74, 6) is -0.887. The summed E-state index contributed by atoms with van der Waals surface area (Å²) in [6, 6.07) is 6.57. The number of nitrogens with zero attached hydrogens (tertiary/aromatic N) is 4. The second kappa shape index (κ2) is 8.57. The van der Waals surface area contributed by atoms with Crippen molar-refractivity contribution in [2.45, 2.75) is 12.1 Å². The van der Waals surface area contributed by atoms with Gasteiger partial charge in [-0.1, -0.05) is 23.9 Å². The lowest BCUT2D eigenvalue weighted by molar-refractivity contribution is -0.113. The number of rotatable bonds is 6. The Morgan fingerprint density at radius 3 is 2.50 bits per heavy atom. The van der Waals surface area contributed by atoms with Crippen LogP contribution in [-0.2, 0) is 30.7 Å². The maximum atomic E-state index is 12.4. The average Bonchev–Trinajstić information content (AvgIpc) is 3.06. The minimum absolute atomic E-state index is 0.0113. The van der Waals surface area contributed by atoms with Gasteiger partial charge in [0.15, 0.2) is 16.3 Å². The molecule has 2 heterocycles. The predicted molar refractivity (Wildman–Crippen MR) is 113 cm³/mol. The second-order valence-corrected chi connectivity index (χ2v) is 7.38. The molecule has 1 N–H and O–H groups in total. The van der Waals surface area contributed by atoms with E-state index < -0.39 is 17.2 Å². The van der Waals surface area contributed by atoms with Crippen molar-refractivity contribution >= 4 is 40.5 Å². The Bertz CT molecular complexity index is 1260. The van der Waals surface area contributed by atoms with Crippen LogP contribution >= 0.6 is 11.8 Å². The Labute approximate surface area is 175 Å². The zero-order valence-electron chi connectivity index (χ0n) is 17.0. The molecule has 0 aliphatic heterocycles. The lowest BCUT2D eigenvalue weighted by atomic mass is 10.2. The summed E-state index contributed by atoms with van der Waals surface area (Å²) in [5.41, 5.74) is 0.182. The van der Waals surface area contributed by atoms with E-state index in [-0.39, 0.29) is 29.3 Å². The van der Waals surface area contributed by atoms with E-state index in [0.717, 1.165) is 16.3 Å². The first-order valence-corrected chi connectivity index (χ1v) is 10.1. The number of nitrogens with one attached hydrogen (secondary N) is 1. The lowest BCUT2D eigenvalue weighted by Gasteiger charge is -2.10. The molecule has 0 aliphatic rings. The first-order chi connectivity index (χ1) is 14.3. The largest absolute Gasteiger partial charge is 0.462 e. The standard InChI is InChI=1S/C19H21N5O5S/c1-5-29-17(27)11-8-6-7-9-12(11)20-13(25)10-30-18-21-14-15(22(18)2)23(3)19(28)24(4)16(14)26/h6-9H,5,10H2,1-4H3,(H,20,25). The van der Waals surface area contributed by atoms with Crippen molar-refractivity contribution in [1.82, 2.24) is 18.7 Å². The van der Waals surface area contributed by atoms with Crippen LogP contribution in [0.4, 0.5) is 5.69 Å². The molecule has 0 radical (unpaired) electrons. The first kappa shape index (κ1) is 21.4. The zero-order valence-corrected chi connectivity index (χ0v) is 17.8. The number of para-hydroxylation sites is 1. The third-order valence-electron chi connectivity index (χ3n) is 4.45. The van der Waals surface area contributed by atoms with Gasteiger partial charge in [-0.25, -0.2) is 14.6 Å². The highest BCUT2D eigenvalue weighted by molar-refractivity contribution is 7.99. The molecule has 0 bridgehead atoms. The maximum absolute atomic E-state index is 12.4. The number of thioether (sulfide) groups is 1. The molecule has 0 unspecified atom stereocenters. The second-order valence-electron chi connectivity index (χ2n) is 6.43. The van der Waals surface area contributed by atoms with E-state index in [4.69, 9.17) is 4.74 Å². The Kier molecular flexibility index (Phi) is 6.11. The highest BCUT2D eigenvalue weighted by Crippen LogP contribution is 2.21. The average molecular weight is 431 g/mol. The molecule has 2 aromatic heterocycles. The molecule has 0 fully saturated rings. The number of aryl methyl sites for hydroxylation is 2. The van der Waals surface area contributed by atoms with Gasteiger partial charge in [0.1, 0.15) is 0 Å². The summed E-state index contributed by atoms with van der Waals surface area (Å²) in [4.78, 5) is 53.3. The number of benzene rings is 1. The van der Waals surface area contributed by atoms with E-state index in [2.05, 4.69) is 10.3 Å².